The number of aryl methyl sites for hydroxylation is 1. The van der Waals surface area contributed by atoms with Gasteiger partial charge in [-0.2, -0.15) is 0 Å². The highest BCUT2D eigenvalue weighted by Gasteiger charge is 2.22. The molecule has 1 aromatic heterocycles. The third-order valence-corrected chi connectivity index (χ3v) is 4.04. The van der Waals surface area contributed by atoms with E-state index in [4.69, 9.17) is 9.72 Å². The highest BCUT2D eigenvalue weighted by atomic mass is 16.5. The normalized spacial score (nSPS) is 19.3. The first-order valence-corrected chi connectivity index (χ1v) is 8.13. The van der Waals surface area contributed by atoms with E-state index in [9.17, 15) is 0 Å². The van der Waals surface area contributed by atoms with Gasteiger partial charge in [-0.05, 0) is 37.4 Å². The summed E-state index contributed by atoms with van der Waals surface area (Å²) in [7, 11) is 0. The van der Waals surface area contributed by atoms with Crippen molar-refractivity contribution in [3.8, 4) is 0 Å². The van der Waals surface area contributed by atoms with Crippen LogP contribution in [0.25, 0.3) is 0 Å². The summed E-state index contributed by atoms with van der Waals surface area (Å²) in [5.74, 6) is 1.77. The number of hydrogen-bond acceptors (Lipinski definition) is 4. The van der Waals surface area contributed by atoms with Gasteiger partial charge in [0.2, 0.25) is 0 Å². The Hall–Kier alpha value is -1.13. The topological polar surface area (TPSA) is 37.4 Å². The summed E-state index contributed by atoms with van der Waals surface area (Å²) in [6.45, 7) is 13.3. The molecular formula is C17H29N3O. The summed E-state index contributed by atoms with van der Waals surface area (Å²) in [5, 5.41) is 3.49. The molecule has 4 heteroatoms. The van der Waals surface area contributed by atoms with Gasteiger partial charge in [-0.1, -0.05) is 26.8 Å². The molecule has 1 saturated heterocycles. The van der Waals surface area contributed by atoms with Crippen LogP contribution in [-0.4, -0.2) is 37.3 Å². The quantitative estimate of drug-likeness (QED) is 0.874. The summed E-state index contributed by atoms with van der Waals surface area (Å²) >= 11 is 0. The fourth-order valence-corrected chi connectivity index (χ4v) is 2.71. The van der Waals surface area contributed by atoms with Crippen molar-refractivity contribution < 1.29 is 4.74 Å². The van der Waals surface area contributed by atoms with Crippen LogP contribution in [0.3, 0.4) is 0 Å². The maximum absolute atomic E-state index is 5.57. The number of morpholine rings is 1. The van der Waals surface area contributed by atoms with Crippen LogP contribution >= 0.6 is 0 Å². The Bertz CT molecular complexity index is 448. The lowest BCUT2D eigenvalue weighted by atomic mass is 10.1. The minimum atomic E-state index is 0.454. The number of nitrogens with one attached hydrogen (secondary N) is 1. The summed E-state index contributed by atoms with van der Waals surface area (Å²) < 4.78 is 5.57. The van der Waals surface area contributed by atoms with Gasteiger partial charge in [-0.25, -0.2) is 4.98 Å². The first kappa shape index (κ1) is 16.2. The molecule has 1 unspecified atom stereocenters. The lowest BCUT2D eigenvalue weighted by Crippen LogP contribution is -2.45. The smallest absolute Gasteiger partial charge is 0.129 e. The van der Waals surface area contributed by atoms with E-state index in [1.54, 1.807) is 0 Å². The van der Waals surface area contributed by atoms with E-state index in [-0.39, 0.29) is 0 Å². The third-order valence-electron chi connectivity index (χ3n) is 4.04. The average Bonchev–Trinajstić information content (AvgIpc) is 2.48. The van der Waals surface area contributed by atoms with Gasteiger partial charge in [0.05, 0.1) is 19.3 Å². The zero-order chi connectivity index (χ0) is 15.2. The van der Waals surface area contributed by atoms with Crippen molar-refractivity contribution in [3.63, 3.8) is 0 Å². The van der Waals surface area contributed by atoms with Crippen molar-refractivity contribution in [2.24, 2.45) is 5.92 Å². The monoisotopic (exact) mass is 291 g/mol. The van der Waals surface area contributed by atoms with Crippen molar-refractivity contribution >= 4 is 5.82 Å². The molecule has 0 spiro atoms. The standard InChI is InChI=1S/C17H29N3O/c1-5-16-12-21-9-8-20(16)17-7-6-15(14(4)19-17)11-18-10-13(2)3/h6-7,13,16,18H,5,8-12H2,1-4H3. The molecule has 1 fully saturated rings. The van der Waals surface area contributed by atoms with Crippen LogP contribution in [0.4, 0.5) is 5.82 Å². The molecule has 1 aliphatic heterocycles. The number of rotatable bonds is 6. The molecule has 1 aliphatic rings. The molecule has 118 valence electrons. The van der Waals surface area contributed by atoms with E-state index in [0.29, 0.717) is 12.0 Å². The minimum absolute atomic E-state index is 0.454. The zero-order valence-electron chi connectivity index (χ0n) is 13.9. The van der Waals surface area contributed by atoms with Gasteiger partial charge < -0.3 is 15.0 Å². The Balaban J connectivity index is 2.03. The number of pyridine rings is 1. The number of aromatic nitrogens is 1. The average molecular weight is 291 g/mol. The van der Waals surface area contributed by atoms with E-state index in [1.807, 2.05) is 0 Å². The molecule has 21 heavy (non-hydrogen) atoms. The van der Waals surface area contributed by atoms with E-state index in [2.05, 4.69) is 50.0 Å². The van der Waals surface area contributed by atoms with Crippen LogP contribution in [0, 0.1) is 12.8 Å². The van der Waals surface area contributed by atoms with Crippen LogP contribution in [0.1, 0.15) is 38.4 Å². The first-order valence-electron chi connectivity index (χ1n) is 8.13. The molecule has 1 aromatic rings. The maximum Gasteiger partial charge on any atom is 0.129 e. The van der Waals surface area contributed by atoms with Gasteiger partial charge in [0.1, 0.15) is 5.82 Å². The predicted octanol–water partition coefficient (Wildman–Crippen LogP) is 2.75. The lowest BCUT2D eigenvalue weighted by molar-refractivity contribution is 0.0925. The van der Waals surface area contributed by atoms with Crippen LogP contribution < -0.4 is 10.2 Å². The molecule has 0 saturated carbocycles. The molecule has 0 aliphatic carbocycles. The lowest BCUT2D eigenvalue weighted by Gasteiger charge is -2.36. The predicted molar refractivity (Wildman–Crippen MR) is 87.8 cm³/mol. The Labute approximate surface area is 128 Å². The van der Waals surface area contributed by atoms with E-state index in [0.717, 1.165) is 50.8 Å². The van der Waals surface area contributed by atoms with Gasteiger partial charge in [0.15, 0.2) is 0 Å². The summed E-state index contributed by atoms with van der Waals surface area (Å²) in [5.41, 5.74) is 2.42. The highest BCUT2D eigenvalue weighted by molar-refractivity contribution is 5.43. The second-order valence-electron chi connectivity index (χ2n) is 6.27. The molecule has 1 atom stereocenters. The molecule has 2 rings (SSSR count). The summed E-state index contributed by atoms with van der Waals surface area (Å²) in [4.78, 5) is 7.21. The second-order valence-corrected chi connectivity index (χ2v) is 6.27. The summed E-state index contributed by atoms with van der Waals surface area (Å²) in [6, 6.07) is 4.83. The van der Waals surface area contributed by atoms with Crippen LogP contribution in [-0.2, 0) is 11.3 Å². The molecule has 0 radical (unpaired) electrons. The zero-order valence-corrected chi connectivity index (χ0v) is 13.9. The largest absolute Gasteiger partial charge is 0.377 e. The van der Waals surface area contributed by atoms with Gasteiger partial charge in [-0.15, -0.1) is 0 Å². The van der Waals surface area contributed by atoms with Crippen molar-refractivity contribution in [3.05, 3.63) is 23.4 Å². The molecule has 2 heterocycles. The number of nitrogens with zero attached hydrogens (tertiary/aromatic N) is 2. The van der Waals surface area contributed by atoms with Crippen LogP contribution in [0.15, 0.2) is 12.1 Å². The molecule has 1 N–H and O–H groups in total. The summed E-state index contributed by atoms with van der Waals surface area (Å²) in [6.07, 6.45) is 1.10. The number of anilines is 1. The Kier molecular flexibility index (Phi) is 6.00. The van der Waals surface area contributed by atoms with Crippen molar-refractivity contribution in [1.82, 2.24) is 10.3 Å². The molecular weight excluding hydrogens is 262 g/mol. The number of ether oxygens (including phenoxy) is 1. The molecule has 0 amide bonds. The van der Waals surface area contributed by atoms with Crippen LogP contribution in [0.2, 0.25) is 0 Å². The van der Waals surface area contributed by atoms with E-state index < -0.39 is 0 Å². The Morgan fingerprint density at radius 1 is 1.43 bits per heavy atom. The van der Waals surface area contributed by atoms with Crippen LogP contribution in [0.5, 0.6) is 0 Å². The highest BCUT2D eigenvalue weighted by Crippen LogP contribution is 2.21. The van der Waals surface area contributed by atoms with Gasteiger partial charge in [0.25, 0.3) is 0 Å². The molecule has 0 bridgehead atoms. The van der Waals surface area contributed by atoms with E-state index in [1.165, 1.54) is 5.56 Å². The van der Waals surface area contributed by atoms with Crippen molar-refractivity contribution in [2.75, 3.05) is 31.2 Å². The minimum Gasteiger partial charge on any atom is -0.377 e. The third kappa shape index (κ3) is 4.42. The van der Waals surface area contributed by atoms with Gasteiger partial charge in [-0.3, -0.25) is 0 Å². The Morgan fingerprint density at radius 2 is 2.24 bits per heavy atom. The van der Waals surface area contributed by atoms with E-state index >= 15 is 0 Å². The second kappa shape index (κ2) is 7.76. The van der Waals surface area contributed by atoms with Gasteiger partial charge >= 0.3 is 0 Å². The molecule has 4 nitrogen and oxygen atoms in total. The maximum atomic E-state index is 5.57. The molecule has 0 aromatic carbocycles. The van der Waals surface area contributed by atoms with Gasteiger partial charge in [0, 0.05) is 18.8 Å². The SMILES string of the molecule is CCC1COCCN1c1ccc(CNCC(C)C)c(C)n1. The number of hydrogen-bond donors (Lipinski definition) is 1. The van der Waals surface area contributed by atoms with Crippen molar-refractivity contribution in [2.45, 2.75) is 46.7 Å². The first-order chi connectivity index (χ1) is 10.1. The fourth-order valence-electron chi connectivity index (χ4n) is 2.71. The van der Waals surface area contributed by atoms with Crippen molar-refractivity contribution in [1.29, 1.82) is 0 Å². The Morgan fingerprint density at radius 3 is 2.90 bits per heavy atom. The fraction of sp³-hybridized carbons (Fsp3) is 0.706.